The lowest BCUT2D eigenvalue weighted by Gasteiger charge is -2.08. The maximum Gasteiger partial charge on any atom is -0.00428 e. The van der Waals surface area contributed by atoms with Crippen LogP contribution in [0.5, 0.6) is 0 Å². The summed E-state index contributed by atoms with van der Waals surface area (Å²) in [6.07, 6.45) is 1.29. The molecule has 70 valence electrons. The monoisotopic (exact) mass is 175 g/mol. The summed E-state index contributed by atoms with van der Waals surface area (Å²) in [5, 5.41) is 0. The van der Waals surface area contributed by atoms with Gasteiger partial charge in [-0.15, -0.1) is 0 Å². The Labute approximate surface area is 80.0 Å². The van der Waals surface area contributed by atoms with Crippen molar-refractivity contribution in [2.45, 2.75) is 26.2 Å². The van der Waals surface area contributed by atoms with Gasteiger partial charge in [0, 0.05) is 0 Å². The lowest BCUT2D eigenvalue weighted by atomic mass is 9.98. The third-order valence-corrected chi connectivity index (χ3v) is 3.14. The van der Waals surface area contributed by atoms with Crippen LogP contribution in [0.2, 0.25) is 0 Å². The van der Waals surface area contributed by atoms with Crippen molar-refractivity contribution in [3.8, 4) is 0 Å². The average molecular weight is 175 g/mol. The van der Waals surface area contributed by atoms with Crippen LogP contribution in [-0.2, 0) is 0 Å². The number of rotatable bonds is 2. The molecular weight excluding hydrogens is 158 g/mol. The molecule has 0 saturated heterocycles. The molecule has 1 saturated carbocycles. The molecule has 2 N–H and O–H groups in total. The van der Waals surface area contributed by atoms with Gasteiger partial charge in [0.2, 0.25) is 0 Å². The normalized spacial score (nSPS) is 26.1. The molecule has 1 nitrogen and oxygen atoms in total. The van der Waals surface area contributed by atoms with Crippen molar-refractivity contribution in [3.63, 3.8) is 0 Å². The van der Waals surface area contributed by atoms with Crippen LogP contribution in [0.1, 0.15) is 29.0 Å². The van der Waals surface area contributed by atoms with Gasteiger partial charge in [0.25, 0.3) is 0 Å². The van der Waals surface area contributed by atoms with Gasteiger partial charge in [-0.1, -0.05) is 18.2 Å². The average Bonchev–Trinajstić information content (AvgIpc) is 2.83. The molecule has 1 aromatic carbocycles. The fourth-order valence-corrected chi connectivity index (χ4v) is 2.27. The second kappa shape index (κ2) is 3.15. The Bertz CT molecular complexity index is 297. The van der Waals surface area contributed by atoms with Gasteiger partial charge >= 0.3 is 0 Å². The second-order valence-electron chi connectivity index (χ2n) is 4.14. The summed E-state index contributed by atoms with van der Waals surface area (Å²) in [6, 6.07) is 6.54. The second-order valence-corrected chi connectivity index (χ2v) is 4.14. The van der Waals surface area contributed by atoms with Crippen LogP contribution in [0.25, 0.3) is 0 Å². The molecular formula is C12H17N. The Kier molecular flexibility index (Phi) is 2.12. The third kappa shape index (κ3) is 1.49. The first kappa shape index (κ1) is 8.76. The van der Waals surface area contributed by atoms with Crippen molar-refractivity contribution < 1.29 is 0 Å². The molecule has 0 aromatic heterocycles. The van der Waals surface area contributed by atoms with Crippen molar-refractivity contribution in [1.29, 1.82) is 0 Å². The summed E-state index contributed by atoms with van der Waals surface area (Å²) < 4.78 is 0. The highest BCUT2D eigenvalue weighted by atomic mass is 14.6. The van der Waals surface area contributed by atoms with E-state index in [9.17, 15) is 0 Å². The van der Waals surface area contributed by atoms with E-state index >= 15 is 0 Å². The molecule has 1 fully saturated rings. The zero-order chi connectivity index (χ0) is 9.42. The van der Waals surface area contributed by atoms with E-state index in [-0.39, 0.29) is 0 Å². The molecule has 0 unspecified atom stereocenters. The molecule has 2 atom stereocenters. The van der Waals surface area contributed by atoms with Gasteiger partial charge in [0.05, 0.1) is 0 Å². The molecule has 0 radical (unpaired) electrons. The van der Waals surface area contributed by atoms with Crippen LogP contribution in [0.15, 0.2) is 18.2 Å². The van der Waals surface area contributed by atoms with Crippen LogP contribution in [0.4, 0.5) is 0 Å². The quantitative estimate of drug-likeness (QED) is 0.733. The first-order chi connectivity index (χ1) is 6.24. The maximum atomic E-state index is 5.66. The van der Waals surface area contributed by atoms with Gasteiger partial charge in [-0.2, -0.15) is 0 Å². The molecule has 0 amide bonds. The number of aryl methyl sites for hydroxylation is 2. The molecule has 1 aliphatic carbocycles. The molecule has 2 rings (SSSR count). The maximum absolute atomic E-state index is 5.66. The van der Waals surface area contributed by atoms with Crippen molar-refractivity contribution in [2.24, 2.45) is 11.7 Å². The fourth-order valence-electron chi connectivity index (χ4n) is 2.27. The van der Waals surface area contributed by atoms with E-state index in [1.807, 2.05) is 0 Å². The number of nitrogens with two attached hydrogens (primary N) is 1. The molecule has 0 spiro atoms. The van der Waals surface area contributed by atoms with Crippen LogP contribution in [0, 0.1) is 19.8 Å². The summed E-state index contributed by atoms with van der Waals surface area (Å²) in [5.74, 6) is 1.51. The predicted molar refractivity (Wildman–Crippen MR) is 55.8 cm³/mol. The van der Waals surface area contributed by atoms with Gasteiger partial charge in [-0.3, -0.25) is 0 Å². The van der Waals surface area contributed by atoms with E-state index in [0.29, 0.717) is 0 Å². The Morgan fingerprint density at radius 1 is 1.31 bits per heavy atom. The Hall–Kier alpha value is -0.820. The van der Waals surface area contributed by atoms with Gasteiger partial charge in [0.15, 0.2) is 0 Å². The van der Waals surface area contributed by atoms with E-state index in [2.05, 4.69) is 32.0 Å². The molecule has 1 aromatic rings. The van der Waals surface area contributed by atoms with Crippen LogP contribution in [0.3, 0.4) is 0 Å². The molecule has 0 heterocycles. The standard InChI is InChI=1S/C12H17N/c1-8-4-3-5-9(2)12(8)11-6-10(11)7-13/h3-5,10-11H,6-7,13H2,1-2H3/t10-,11+/m0/s1. The summed E-state index contributed by atoms with van der Waals surface area (Å²) in [7, 11) is 0. The minimum absolute atomic E-state index is 0.750. The molecule has 1 aliphatic rings. The summed E-state index contributed by atoms with van der Waals surface area (Å²) in [5.41, 5.74) is 10.1. The first-order valence-electron chi connectivity index (χ1n) is 5.00. The van der Waals surface area contributed by atoms with Gasteiger partial charge in [-0.05, 0) is 55.3 Å². The number of benzene rings is 1. The Morgan fingerprint density at radius 2 is 1.92 bits per heavy atom. The molecule has 0 aliphatic heterocycles. The Balaban J connectivity index is 2.30. The molecule has 13 heavy (non-hydrogen) atoms. The summed E-state index contributed by atoms with van der Waals surface area (Å²) >= 11 is 0. The summed E-state index contributed by atoms with van der Waals surface area (Å²) in [6.45, 7) is 5.25. The van der Waals surface area contributed by atoms with Crippen molar-refractivity contribution in [2.75, 3.05) is 6.54 Å². The lowest BCUT2D eigenvalue weighted by molar-refractivity contribution is 0.804. The third-order valence-electron chi connectivity index (χ3n) is 3.14. The smallest absolute Gasteiger partial charge is 0.00428 e. The van der Waals surface area contributed by atoms with Crippen molar-refractivity contribution in [3.05, 3.63) is 34.9 Å². The largest absolute Gasteiger partial charge is 0.330 e. The molecule has 0 bridgehead atoms. The minimum atomic E-state index is 0.750. The van der Waals surface area contributed by atoms with Crippen molar-refractivity contribution >= 4 is 0 Å². The van der Waals surface area contributed by atoms with E-state index < -0.39 is 0 Å². The lowest BCUT2D eigenvalue weighted by Crippen LogP contribution is -2.03. The number of hydrogen-bond donors (Lipinski definition) is 1. The highest BCUT2D eigenvalue weighted by Gasteiger charge is 2.38. The van der Waals surface area contributed by atoms with Gasteiger partial charge < -0.3 is 5.73 Å². The first-order valence-corrected chi connectivity index (χ1v) is 5.00. The zero-order valence-corrected chi connectivity index (χ0v) is 8.38. The number of hydrogen-bond acceptors (Lipinski definition) is 1. The van der Waals surface area contributed by atoms with E-state index in [0.717, 1.165) is 18.4 Å². The SMILES string of the molecule is Cc1cccc(C)c1[C@@H]1C[C@H]1CN. The highest BCUT2D eigenvalue weighted by molar-refractivity contribution is 5.39. The van der Waals surface area contributed by atoms with Crippen LogP contribution < -0.4 is 5.73 Å². The zero-order valence-electron chi connectivity index (χ0n) is 8.38. The highest BCUT2D eigenvalue weighted by Crippen LogP contribution is 2.48. The topological polar surface area (TPSA) is 26.0 Å². The fraction of sp³-hybridized carbons (Fsp3) is 0.500. The van der Waals surface area contributed by atoms with E-state index in [4.69, 9.17) is 5.73 Å². The van der Waals surface area contributed by atoms with Crippen LogP contribution >= 0.6 is 0 Å². The Morgan fingerprint density at radius 3 is 2.38 bits per heavy atom. The van der Waals surface area contributed by atoms with Gasteiger partial charge in [0.1, 0.15) is 0 Å². The minimum Gasteiger partial charge on any atom is -0.330 e. The van der Waals surface area contributed by atoms with E-state index in [1.54, 1.807) is 5.56 Å². The molecule has 1 heteroatoms. The van der Waals surface area contributed by atoms with E-state index in [1.165, 1.54) is 17.5 Å². The van der Waals surface area contributed by atoms with Gasteiger partial charge in [-0.25, -0.2) is 0 Å². The van der Waals surface area contributed by atoms with Crippen LogP contribution in [-0.4, -0.2) is 6.54 Å². The summed E-state index contributed by atoms with van der Waals surface area (Å²) in [4.78, 5) is 0. The van der Waals surface area contributed by atoms with Crippen molar-refractivity contribution in [1.82, 2.24) is 0 Å². The predicted octanol–water partition coefficient (Wildman–Crippen LogP) is 2.37.